The third-order valence-electron chi connectivity index (χ3n) is 6.51. The average Bonchev–Trinajstić information content (AvgIpc) is 3.28. The maximum absolute atomic E-state index is 10.0. The van der Waals surface area contributed by atoms with Crippen LogP contribution in [0.3, 0.4) is 0 Å². The molecule has 2 N–H and O–H groups in total. The van der Waals surface area contributed by atoms with Crippen molar-refractivity contribution >= 4 is 22.5 Å². The lowest BCUT2D eigenvalue weighted by molar-refractivity contribution is 0.315. The Labute approximate surface area is 176 Å². The Kier molecular flexibility index (Phi) is 4.44. The topological polar surface area (TPSA) is 82.3 Å². The summed E-state index contributed by atoms with van der Waals surface area (Å²) in [7, 11) is 4.26. The van der Waals surface area contributed by atoms with Gasteiger partial charge >= 0.3 is 0 Å². The summed E-state index contributed by atoms with van der Waals surface area (Å²) in [6.45, 7) is 3.88. The summed E-state index contributed by atoms with van der Waals surface area (Å²) in [5, 5.41) is 10.0. The van der Waals surface area contributed by atoms with Gasteiger partial charge in [-0.15, -0.1) is 0 Å². The number of likely N-dealkylation sites (N-methyl/N-ethyl adjacent to an activating group) is 1. The Bertz CT molecular complexity index is 1170. The summed E-state index contributed by atoms with van der Waals surface area (Å²) in [4.78, 5) is 9.48. The highest BCUT2D eigenvalue weighted by Crippen LogP contribution is 2.47. The fourth-order valence-corrected chi connectivity index (χ4v) is 4.62. The second-order valence-corrected chi connectivity index (χ2v) is 8.82. The van der Waals surface area contributed by atoms with Crippen molar-refractivity contribution in [1.82, 2.24) is 9.88 Å². The number of aromatic nitrogens is 1. The van der Waals surface area contributed by atoms with Crippen LogP contribution in [0.1, 0.15) is 42.2 Å². The second-order valence-electron chi connectivity index (χ2n) is 8.82. The lowest BCUT2D eigenvalue weighted by Gasteiger charge is -2.25. The number of hydrogen-bond acceptors (Lipinski definition) is 6. The highest BCUT2D eigenvalue weighted by Gasteiger charge is 2.34. The largest absolute Gasteiger partial charge is 0.438 e. The zero-order valence-electron chi connectivity index (χ0n) is 17.8. The number of hydrogen-bond donors (Lipinski definition) is 1. The summed E-state index contributed by atoms with van der Waals surface area (Å²) in [5.74, 6) is 1.16. The number of benzene rings is 2. The molecule has 1 atom stereocenters. The molecule has 2 aliphatic rings. The number of oxazole rings is 1. The number of nitrogens with two attached hydrogens (primary N) is 1. The van der Waals surface area contributed by atoms with E-state index in [0.717, 1.165) is 66.2 Å². The molecule has 0 bridgehead atoms. The minimum atomic E-state index is 0.390. The maximum atomic E-state index is 10.0. The summed E-state index contributed by atoms with van der Waals surface area (Å²) in [6.07, 6.45) is 3.31. The van der Waals surface area contributed by atoms with E-state index in [-0.39, 0.29) is 0 Å². The van der Waals surface area contributed by atoms with Crippen molar-refractivity contribution in [2.24, 2.45) is 0 Å². The number of rotatable bonds is 4. The van der Waals surface area contributed by atoms with Gasteiger partial charge in [-0.1, -0.05) is 12.1 Å². The number of nitrogen functional groups attached to an aromatic ring is 1. The summed E-state index contributed by atoms with van der Waals surface area (Å²) >= 11 is 0. The molecule has 30 heavy (non-hydrogen) atoms. The molecule has 154 valence electrons. The Balaban J connectivity index is 1.80. The smallest absolute Gasteiger partial charge is 0.198 e. The molecule has 2 aromatic carbocycles. The van der Waals surface area contributed by atoms with E-state index in [1.165, 1.54) is 0 Å². The molecule has 6 heteroatoms. The first-order chi connectivity index (χ1) is 14.5. The Morgan fingerprint density at radius 2 is 2.07 bits per heavy atom. The van der Waals surface area contributed by atoms with Gasteiger partial charge in [0.25, 0.3) is 0 Å². The van der Waals surface area contributed by atoms with Crippen LogP contribution in [0, 0.1) is 18.3 Å². The van der Waals surface area contributed by atoms with Crippen LogP contribution in [0.2, 0.25) is 0 Å². The van der Waals surface area contributed by atoms with Crippen molar-refractivity contribution in [1.29, 1.82) is 5.26 Å². The van der Waals surface area contributed by atoms with E-state index < -0.39 is 0 Å². The zero-order valence-corrected chi connectivity index (χ0v) is 17.8. The normalized spacial score (nSPS) is 19.0. The highest BCUT2D eigenvalue weighted by atomic mass is 16.4. The summed E-state index contributed by atoms with van der Waals surface area (Å²) in [6, 6.07) is 10.8. The van der Waals surface area contributed by atoms with Crippen molar-refractivity contribution in [3.05, 3.63) is 41.3 Å². The lowest BCUT2D eigenvalue weighted by atomic mass is 9.93. The van der Waals surface area contributed by atoms with Crippen LogP contribution in [0.15, 0.2) is 28.7 Å². The molecule has 5 rings (SSSR count). The van der Waals surface area contributed by atoms with Gasteiger partial charge in [-0.2, -0.15) is 5.26 Å². The van der Waals surface area contributed by atoms with Crippen molar-refractivity contribution in [2.45, 2.75) is 38.1 Å². The number of fused-ring (bicyclic) bond motifs is 1. The maximum Gasteiger partial charge on any atom is 0.198 e. The van der Waals surface area contributed by atoms with E-state index >= 15 is 0 Å². The number of nitrogens with zero attached hydrogens (tertiary/aromatic N) is 4. The van der Waals surface area contributed by atoms with E-state index in [9.17, 15) is 5.26 Å². The number of anilines is 2. The molecule has 6 nitrogen and oxygen atoms in total. The molecular formula is C24H27N5O. The van der Waals surface area contributed by atoms with Crippen LogP contribution in [-0.2, 0) is 0 Å². The van der Waals surface area contributed by atoms with E-state index in [1.807, 2.05) is 25.1 Å². The Morgan fingerprint density at radius 1 is 1.27 bits per heavy atom. The van der Waals surface area contributed by atoms with Crippen molar-refractivity contribution in [3.63, 3.8) is 0 Å². The summed E-state index contributed by atoms with van der Waals surface area (Å²) in [5.41, 5.74) is 12.9. The van der Waals surface area contributed by atoms with Gasteiger partial charge < -0.3 is 20.0 Å². The molecule has 0 amide bonds. The molecule has 0 spiro atoms. The molecule has 2 fully saturated rings. The van der Waals surface area contributed by atoms with Crippen molar-refractivity contribution in [3.8, 4) is 17.2 Å². The predicted octanol–water partition coefficient (Wildman–Crippen LogP) is 4.27. The van der Waals surface area contributed by atoms with Crippen LogP contribution in [0.4, 0.5) is 11.4 Å². The van der Waals surface area contributed by atoms with Crippen molar-refractivity contribution in [2.75, 3.05) is 37.8 Å². The quantitative estimate of drug-likeness (QED) is 0.657. The first-order valence-corrected chi connectivity index (χ1v) is 10.6. The molecular weight excluding hydrogens is 374 g/mol. The van der Waals surface area contributed by atoms with Gasteiger partial charge in [0.15, 0.2) is 11.5 Å². The first-order valence-electron chi connectivity index (χ1n) is 10.6. The van der Waals surface area contributed by atoms with Gasteiger partial charge in [0, 0.05) is 36.3 Å². The van der Waals surface area contributed by atoms with Gasteiger partial charge in [0.05, 0.1) is 11.3 Å². The lowest BCUT2D eigenvalue weighted by Crippen LogP contribution is -2.31. The summed E-state index contributed by atoms with van der Waals surface area (Å²) < 4.78 is 6.37. The molecule has 1 saturated heterocycles. The first kappa shape index (κ1) is 19.0. The van der Waals surface area contributed by atoms with Crippen LogP contribution >= 0.6 is 0 Å². The molecule has 3 aromatic rings. The van der Waals surface area contributed by atoms with Crippen LogP contribution in [-0.4, -0.2) is 43.1 Å². The number of nitriles is 1. The van der Waals surface area contributed by atoms with Gasteiger partial charge in [-0.25, -0.2) is 4.98 Å². The van der Waals surface area contributed by atoms with Crippen LogP contribution in [0.25, 0.3) is 22.2 Å². The molecule has 2 heterocycles. The standard InChI is InChI=1S/C24H27N5O/c1-14-19(12-25)21-23(30-24(27-21)15-7-8-15)22(29-10-9-18(13-29)28(2)3)20(14)16-5-4-6-17(26)11-16/h4-6,11,15,18H,7-10,13,26H2,1-3H3/t18-/m0/s1. The fraction of sp³-hybridized carbons (Fsp3) is 0.417. The minimum Gasteiger partial charge on any atom is -0.438 e. The third-order valence-corrected chi connectivity index (χ3v) is 6.51. The van der Waals surface area contributed by atoms with Gasteiger partial charge in [0.2, 0.25) is 0 Å². The molecule has 1 aromatic heterocycles. The highest BCUT2D eigenvalue weighted by molar-refractivity contribution is 6.02. The van der Waals surface area contributed by atoms with E-state index in [0.29, 0.717) is 28.7 Å². The average molecular weight is 402 g/mol. The molecule has 0 unspecified atom stereocenters. The monoisotopic (exact) mass is 401 g/mol. The van der Waals surface area contributed by atoms with Gasteiger partial charge in [0.1, 0.15) is 11.6 Å². The molecule has 1 saturated carbocycles. The van der Waals surface area contributed by atoms with E-state index in [1.54, 1.807) is 0 Å². The zero-order chi connectivity index (χ0) is 21.0. The van der Waals surface area contributed by atoms with E-state index in [4.69, 9.17) is 15.1 Å². The van der Waals surface area contributed by atoms with Gasteiger partial charge in [-0.3, -0.25) is 0 Å². The van der Waals surface area contributed by atoms with E-state index in [2.05, 4.69) is 36.0 Å². The Hall–Kier alpha value is -3.04. The Morgan fingerprint density at radius 3 is 2.70 bits per heavy atom. The molecule has 1 aliphatic carbocycles. The SMILES string of the molecule is Cc1c(-c2cccc(N)c2)c(N2CC[C@H](N(C)C)C2)c2oc(C3CC3)nc2c1C#N. The van der Waals surface area contributed by atoms with Crippen LogP contribution in [0.5, 0.6) is 0 Å². The third kappa shape index (κ3) is 3.01. The molecule has 0 radical (unpaired) electrons. The second kappa shape index (κ2) is 7.03. The minimum absolute atomic E-state index is 0.390. The van der Waals surface area contributed by atoms with Crippen molar-refractivity contribution < 1.29 is 4.42 Å². The predicted molar refractivity (Wildman–Crippen MR) is 120 cm³/mol. The molecule has 1 aliphatic heterocycles. The van der Waals surface area contributed by atoms with Crippen LogP contribution < -0.4 is 10.6 Å². The fourth-order valence-electron chi connectivity index (χ4n) is 4.62. The van der Waals surface area contributed by atoms with Gasteiger partial charge in [-0.05, 0) is 63.5 Å².